The Balaban J connectivity index is 1.15. The van der Waals surface area contributed by atoms with Crippen molar-refractivity contribution in [1.82, 2.24) is 0 Å². The van der Waals surface area contributed by atoms with Gasteiger partial charge in [-0.25, -0.2) is 0 Å². The molecule has 0 aliphatic rings. The van der Waals surface area contributed by atoms with Crippen LogP contribution in [-0.2, 0) is 0 Å². The van der Waals surface area contributed by atoms with E-state index >= 15 is 0 Å². The van der Waals surface area contributed by atoms with E-state index < -0.39 is 0 Å². The third-order valence-corrected chi connectivity index (χ3v) is 8.93. The highest BCUT2D eigenvalue weighted by atomic mass is 32.2. The van der Waals surface area contributed by atoms with Crippen LogP contribution in [0.4, 0.5) is 0 Å². The maximum absolute atomic E-state index is 2.30. The average Bonchev–Trinajstić information content (AvgIpc) is 3.00. The normalized spacial score (nSPS) is 10.9. The van der Waals surface area contributed by atoms with Crippen molar-refractivity contribution in [3.63, 3.8) is 0 Å². The van der Waals surface area contributed by atoms with Gasteiger partial charge in [-0.2, -0.15) is 0 Å². The Labute approximate surface area is 239 Å². The van der Waals surface area contributed by atoms with Crippen LogP contribution >= 0.6 is 23.5 Å². The summed E-state index contributed by atoms with van der Waals surface area (Å²) >= 11 is 3.63. The van der Waals surface area contributed by atoms with E-state index in [1.807, 2.05) is 23.5 Å². The summed E-state index contributed by atoms with van der Waals surface area (Å²) in [5.74, 6) is 0. The quantitative estimate of drug-likeness (QED) is 0.199. The van der Waals surface area contributed by atoms with Gasteiger partial charge in [0.25, 0.3) is 0 Å². The molecule has 39 heavy (non-hydrogen) atoms. The number of hydrogen-bond donors (Lipinski definition) is 0. The third-order valence-electron chi connectivity index (χ3n) is 6.75. The minimum absolute atomic E-state index is 1.24. The SMILES string of the molecule is Cc1cc(Sc2ccc(-c3ccccc3-c3ccccc3)cc2)ccc1Sc1ccc(-c2ccccc2)cc1. The van der Waals surface area contributed by atoms with Crippen LogP contribution in [0.1, 0.15) is 5.56 Å². The number of hydrogen-bond acceptors (Lipinski definition) is 2. The Hall–Kier alpha value is -3.98. The van der Waals surface area contributed by atoms with Crippen molar-refractivity contribution < 1.29 is 0 Å². The van der Waals surface area contributed by atoms with Gasteiger partial charge in [-0.05, 0) is 88.3 Å². The second-order valence-corrected chi connectivity index (χ2v) is 11.7. The van der Waals surface area contributed by atoms with E-state index in [1.54, 1.807) is 0 Å². The zero-order valence-electron chi connectivity index (χ0n) is 21.8. The molecule has 0 saturated carbocycles. The van der Waals surface area contributed by atoms with Crippen LogP contribution in [0, 0.1) is 6.92 Å². The Bertz CT molecular complexity index is 1670. The molecular formula is C37H28S2. The third kappa shape index (κ3) is 6.04. The molecule has 0 aromatic heterocycles. The van der Waals surface area contributed by atoms with Crippen molar-refractivity contribution in [1.29, 1.82) is 0 Å². The van der Waals surface area contributed by atoms with Crippen molar-refractivity contribution in [2.45, 2.75) is 26.5 Å². The van der Waals surface area contributed by atoms with Crippen molar-refractivity contribution in [2.24, 2.45) is 0 Å². The van der Waals surface area contributed by atoms with Crippen LogP contribution in [0.5, 0.6) is 0 Å². The van der Waals surface area contributed by atoms with Crippen molar-refractivity contribution in [3.8, 4) is 33.4 Å². The fraction of sp³-hybridized carbons (Fsp3) is 0.0270. The Kier molecular flexibility index (Phi) is 7.67. The van der Waals surface area contributed by atoms with E-state index in [0.717, 1.165) is 0 Å². The Morgan fingerprint density at radius 2 is 0.795 bits per heavy atom. The molecule has 0 fully saturated rings. The van der Waals surface area contributed by atoms with Gasteiger partial charge in [-0.3, -0.25) is 0 Å². The van der Waals surface area contributed by atoms with Gasteiger partial charge in [0.05, 0.1) is 0 Å². The van der Waals surface area contributed by atoms with E-state index in [1.165, 1.54) is 58.5 Å². The van der Waals surface area contributed by atoms with Gasteiger partial charge in [0.2, 0.25) is 0 Å². The minimum atomic E-state index is 1.24. The fourth-order valence-corrected chi connectivity index (χ4v) is 6.51. The predicted molar refractivity (Wildman–Crippen MR) is 169 cm³/mol. The molecule has 6 aromatic rings. The van der Waals surface area contributed by atoms with Gasteiger partial charge < -0.3 is 0 Å². The lowest BCUT2D eigenvalue weighted by Gasteiger charge is -2.11. The maximum Gasteiger partial charge on any atom is 0.0152 e. The molecular weight excluding hydrogens is 509 g/mol. The highest BCUT2D eigenvalue weighted by Crippen LogP contribution is 2.37. The molecule has 0 nitrogen and oxygen atoms in total. The minimum Gasteiger partial charge on any atom is -0.0901 e. The first-order chi connectivity index (χ1) is 19.2. The second kappa shape index (κ2) is 11.8. The molecule has 0 amide bonds. The van der Waals surface area contributed by atoms with Gasteiger partial charge >= 0.3 is 0 Å². The first kappa shape index (κ1) is 25.3. The molecule has 6 rings (SSSR count). The first-order valence-electron chi connectivity index (χ1n) is 13.1. The van der Waals surface area contributed by atoms with E-state index in [-0.39, 0.29) is 0 Å². The van der Waals surface area contributed by atoms with E-state index in [2.05, 4.69) is 159 Å². The molecule has 2 heteroatoms. The lowest BCUT2D eigenvalue weighted by Crippen LogP contribution is -1.85. The van der Waals surface area contributed by atoms with Crippen molar-refractivity contribution in [3.05, 3.63) is 157 Å². The molecule has 0 unspecified atom stereocenters. The summed E-state index contributed by atoms with van der Waals surface area (Å²) in [5.41, 5.74) is 8.79. The van der Waals surface area contributed by atoms with Crippen LogP contribution in [0.2, 0.25) is 0 Å². The molecule has 0 N–H and O–H groups in total. The summed E-state index contributed by atoms with van der Waals surface area (Å²) in [7, 11) is 0. The van der Waals surface area contributed by atoms with Crippen molar-refractivity contribution in [2.75, 3.05) is 0 Å². The standard InChI is InChI=1S/C37H28S2/c1-27-26-34(24-25-37(27)39-33-20-16-29(17-21-33)28-10-4-2-5-11-28)38-32-22-18-31(19-23-32)36-15-9-8-14-35(36)30-12-6-3-7-13-30/h2-26H,1H3. The Morgan fingerprint density at radius 1 is 0.359 bits per heavy atom. The fourth-order valence-electron chi connectivity index (χ4n) is 4.72. The average molecular weight is 537 g/mol. The van der Waals surface area contributed by atoms with Gasteiger partial charge in [-0.1, -0.05) is 133 Å². The number of benzene rings is 6. The summed E-state index contributed by atoms with van der Waals surface area (Å²) in [5, 5.41) is 0. The van der Waals surface area contributed by atoms with E-state index in [4.69, 9.17) is 0 Å². The molecule has 0 aliphatic carbocycles. The zero-order valence-corrected chi connectivity index (χ0v) is 23.4. The lowest BCUT2D eigenvalue weighted by atomic mass is 9.95. The molecule has 0 saturated heterocycles. The van der Waals surface area contributed by atoms with Gasteiger partial charge in [0, 0.05) is 19.6 Å². The Morgan fingerprint density at radius 3 is 1.38 bits per heavy atom. The van der Waals surface area contributed by atoms with Crippen LogP contribution in [0.15, 0.2) is 171 Å². The highest BCUT2D eigenvalue weighted by Gasteiger charge is 2.08. The maximum atomic E-state index is 2.30. The van der Waals surface area contributed by atoms with Crippen molar-refractivity contribution >= 4 is 23.5 Å². The van der Waals surface area contributed by atoms with Gasteiger partial charge in [0.15, 0.2) is 0 Å². The van der Waals surface area contributed by atoms with E-state index in [0.29, 0.717) is 0 Å². The summed E-state index contributed by atoms with van der Waals surface area (Å²) < 4.78 is 0. The summed E-state index contributed by atoms with van der Waals surface area (Å²) in [4.78, 5) is 5.05. The largest absolute Gasteiger partial charge is 0.0901 e. The molecule has 0 spiro atoms. The number of aryl methyl sites for hydroxylation is 1. The molecule has 188 valence electrons. The zero-order chi connectivity index (χ0) is 26.4. The van der Waals surface area contributed by atoms with Crippen LogP contribution < -0.4 is 0 Å². The second-order valence-electron chi connectivity index (χ2n) is 9.46. The summed E-state index contributed by atoms with van der Waals surface area (Å²) in [6, 6.07) is 54.3. The summed E-state index contributed by atoms with van der Waals surface area (Å²) in [6.45, 7) is 2.20. The molecule has 6 aromatic carbocycles. The van der Waals surface area contributed by atoms with Crippen LogP contribution in [-0.4, -0.2) is 0 Å². The topological polar surface area (TPSA) is 0 Å². The highest BCUT2D eigenvalue weighted by molar-refractivity contribution is 7.99. The monoisotopic (exact) mass is 536 g/mol. The lowest BCUT2D eigenvalue weighted by molar-refractivity contribution is 1.23. The van der Waals surface area contributed by atoms with Crippen LogP contribution in [0.25, 0.3) is 33.4 Å². The predicted octanol–water partition coefficient (Wildman–Crippen LogP) is 11.3. The van der Waals surface area contributed by atoms with Gasteiger partial charge in [0.1, 0.15) is 0 Å². The molecule has 0 atom stereocenters. The molecule has 0 heterocycles. The molecule has 0 aliphatic heterocycles. The van der Waals surface area contributed by atoms with E-state index in [9.17, 15) is 0 Å². The molecule has 0 radical (unpaired) electrons. The first-order valence-corrected chi connectivity index (χ1v) is 14.7. The van der Waals surface area contributed by atoms with Gasteiger partial charge in [-0.15, -0.1) is 0 Å². The molecule has 0 bridgehead atoms. The smallest absolute Gasteiger partial charge is 0.0152 e. The number of rotatable bonds is 7. The van der Waals surface area contributed by atoms with Crippen LogP contribution in [0.3, 0.4) is 0 Å². The summed E-state index contributed by atoms with van der Waals surface area (Å²) in [6.07, 6.45) is 0.